The van der Waals surface area contributed by atoms with Gasteiger partial charge < -0.3 is 9.73 Å². The SMILES string of the molecule is CCc1cc2oc(=O)cc(CN(Cc3ccc(C(=O)NC)cc3)C3CC3)c2cc1Cl. The molecule has 0 aliphatic heterocycles. The molecule has 156 valence electrons. The van der Waals surface area contributed by atoms with Crippen LogP contribution in [0.3, 0.4) is 0 Å². The third kappa shape index (κ3) is 4.42. The molecule has 0 bridgehead atoms. The molecule has 1 saturated carbocycles. The highest BCUT2D eigenvalue weighted by molar-refractivity contribution is 6.32. The van der Waals surface area contributed by atoms with Crippen molar-refractivity contribution in [2.75, 3.05) is 7.05 Å². The van der Waals surface area contributed by atoms with Gasteiger partial charge in [-0.1, -0.05) is 30.7 Å². The number of carbonyl (C=O) groups is 1. The van der Waals surface area contributed by atoms with E-state index >= 15 is 0 Å². The summed E-state index contributed by atoms with van der Waals surface area (Å²) in [5, 5.41) is 4.22. The van der Waals surface area contributed by atoms with Crippen molar-refractivity contribution in [1.29, 1.82) is 0 Å². The number of fused-ring (bicyclic) bond motifs is 1. The predicted octanol–water partition coefficient (Wildman–Crippen LogP) is 4.53. The molecule has 6 heteroatoms. The molecular formula is C24H25ClN2O3. The monoisotopic (exact) mass is 424 g/mol. The molecule has 0 radical (unpaired) electrons. The molecule has 0 atom stereocenters. The van der Waals surface area contributed by atoms with Gasteiger partial charge in [-0.3, -0.25) is 9.69 Å². The Hall–Kier alpha value is -2.63. The van der Waals surface area contributed by atoms with Crippen LogP contribution in [0.2, 0.25) is 5.02 Å². The van der Waals surface area contributed by atoms with Gasteiger partial charge >= 0.3 is 5.63 Å². The minimum absolute atomic E-state index is 0.0913. The molecule has 3 aromatic rings. The molecule has 1 heterocycles. The van der Waals surface area contributed by atoms with Crippen molar-refractivity contribution < 1.29 is 9.21 Å². The molecule has 0 spiro atoms. The fraction of sp³-hybridized carbons (Fsp3) is 0.333. The molecular weight excluding hydrogens is 400 g/mol. The van der Waals surface area contributed by atoms with Crippen LogP contribution in [0, 0.1) is 0 Å². The Morgan fingerprint density at radius 3 is 2.50 bits per heavy atom. The van der Waals surface area contributed by atoms with Crippen molar-refractivity contribution in [1.82, 2.24) is 10.2 Å². The minimum Gasteiger partial charge on any atom is -0.423 e. The lowest BCUT2D eigenvalue weighted by Crippen LogP contribution is -2.26. The van der Waals surface area contributed by atoms with Gasteiger partial charge in [0.25, 0.3) is 5.91 Å². The topological polar surface area (TPSA) is 62.6 Å². The van der Waals surface area contributed by atoms with Gasteiger partial charge in [-0.2, -0.15) is 0 Å². The fourth-order valence-electron chi connectivity index (χ4n) is 3.80. The van der Waals surface area contributed by atoms with Crippen LogP contribution in [-0.4, -0.2) is 23.9 Å². The Morgan fingerprint density at radius 2 is 1.87 bits per heavy atom. The van der Waals surface area contributed by atoms with Crippen LogP contribution in [0.1, 0.15) is 46.8 Å². The van der Waals surface area contributed by atoms with E-state index in [1.54, 1.807) is 13.1 Å². The second-order valence-electron chi connectivity index (χ2n) is 7.80. The molecule has 1 amide bonds. The first kappa shape index (κ1) is 20.6. The molecule has 0 unspecified atom stereocenters. The zero-order valence-corrected chi connectivity index (χ0v) is 18.0. The first-order valence-corrected chi connectivity index (χ1v) is 10.7. The summed E-state index contributed by atoms with van der Waals surface area (Å²) in [5.41, 5.74) is 3.93. The van der Waals surface area contributed by atoms with Crippen LogP contribution >= 0.6 is 11.6 Å². The summed E-state index contributed by atoms with van der Waals surface area (Å²) in [7, 11) is 1.63. The van der Waals surface area contributed by atoms with Crippen LogP contribution in [-0.2, 0) is 19.5 Å². The second-order valence-corrected chi connectivity index (χ2v) is 8.20. The molecule has 0 saturated heterocycles. The van der Waals surface area contributed by atoms with Crippen molar-refractivity contribution >= 4 is 28.5 Å². The third-order valence-corrected chi connectivity index (χ3v) is 6.00. The summed E-state index contributed by atoms with van der Waals surface area (Å²) in [4.78, 5) is 26.3. The summed E-state index contributed by atoms with van der Waals surface area (Å²) in [6.07, 6.45) is 3.08. The maximum absolute atomic E-state index is 12.2. The highest BCUT2D eigenvalue weighted by Crippen LogP contribution is 2.32. The third-order valence-electron chi connectivity index (χ3n) is 5.64. The minimum atomic E-state index is -0.340. The lowest BCUT2D eigenvalue weighted by molar-refractivity contribution is 0.0963. The van der Waals surface area contributed by atoms with Crippen molar-refractivity contribution in [3.8, 4) is 0 Å². The number of halogens is 1. The maximum Gasteiger partial charge on any atom is 0.336 e. The van der Waals surface area contributed by atoms with Gasteiger partial charge in [-0.25, -0.2) is 4.79 Å². The molecule has 5 nitrogen and oxygen atoms in total. The van der Waals surface area contributed by atoms with Gasteiger partial charge in [0, 0.05) is 48.2 Å². The quantitative estimate of drug-likeness (QED) is 0.566. The normalized spacial score (nSPS) is 13.7. The van der Waals surface area contributed by atoms with E-state index in [2.05, 4.69) is 10.2 Å². The highest BCUT2D eigenvalue weighted by atomic mass is 35.5. The van der Waals surface area contributed by atoms with Crippen molar-refractivity contribution in [3.63, 3.8) is 0 Å². The fourth-order valence-corrected chi connectivity index (χ4v) is 4.10. The number of nitrogens with one attached hydrogen (secondary N) is 1. The lowest BCUT2D eigenvalue weighted by atomic mass is 10.0. The largest absolute Gasteiger partial charge is 0.423 e. The van der Waals surface area contributed by atoms with Crippen LogP contribution in [0.5, 0.6) is 0 Å². The van der Waals surface area contributed by atoms with E-state index in [-0.39, 0.29) is 11.5 Å². The van der Waals surface area contributed by atoms with E-state index in [4.69, 9.17) is 16.0 Å². The Morgan fingerprint density at radius 1 is 1.13 bits per heavy atom. The van der Waals surface area contributed by atoms with Gasteiger partial charge in [-0.05, 0) is 60.2 Å². The Balaban J connectivity index is 1.62. The molecule has 4 rings (SSSR count). The average Bonchev–Trinajstić information content (AvgIpc) is 3.58. The number of rotatable bonds is 7. The zero-order chi connectivity index (χ0) is 21.3. The van der Waals surface area contributed by atoms with Gasteiger partial charge in [0.15, 0.2) is 0 Å². The number of nitrogens with zero attached hydrogens (tertiary/aromatic N) is 1. The molecule has 1 aliphatic rings. The Labute approximate surface area is 180 Å². The molecule has 1 aromatic heterocycles. The van der Waals surface area contributed by atoms with Crippen LogP contribution in [0.4, 0.5) is 0 Å². The Bertz CT molecular complexity index is 1130. The number of aryl methyl sites for hydroxylation is 1. The summed E-state index contributed by atoms with van der Waals surface area (Å²) in [5.74, 6) is -0.0913. The summed E-state index contributed by atoms with van der Waals surface area (Å²) in [6.45, 7) is 3.42. The van der Waals surface area contributed by atoms with Crippen molar-refractivity contribution in [3.05, 3.63) is 80.2 Å². The molecule has 30 heavy (non-hydrogen) atoms. The maximum atomic E-state index is 12.2. The molecule has 1 fully saturated rings. The van der Waals surface area contributed by atoms with Crippen molar-refractivity contribution in [2.24, 2.45) is 0 Å². The summed E-state index contributed by atoms with van der Waals surface area (Å²) < 4.78 is 5.45. The van der Waals surface area contributed by atoms with E-state index < -0.39 is 0 Å². The van der Waals surface area contributed by atoms with E-state index in [0.717, 1.165) is 47.9 Å². The number of amides is 1. The van der Waals surface area contributed by atoms with Gasteiger partial charge in [-0.15, -0.1) is 0 Å². The molecule has 2 aromatic carbocycles. The first-order chi connectivity index (χ1) is 14.5. The zero-order valence-electron chi connectivity index (χ0n) is 17.2. The number of hydrogen-bond acceptors (Lipinski definition) is 4. The first-order valence-electron chi connectivity index (χ1n) is 10.3. The van der Waals surface area contributed by atoms with E-state index in [1.165, 1.54) is 0 Å². The number of benzene rings is 2. The van der Waals surface area contributed by atoms with E-state index in [0.29, 0.717) is 28.8 Å². The van der Waals surface area contributed by atoms with E-state index in [1.807, 2.05) is 43.3 Å². The number of hydrogen-bond donors (Lipinski definition) is 1. The molecule has 1 N–H and O–H groups in total. The molecule has 1 aliphatic carbocycles. The van der Waals surface area contributed by atoms with Crippen LogP contribution in [0.15, 0.2) is 51.7 Å². The predicted molar refractivity (Wildman–Crippen MR) is 119 cm³/mol. The van der Waals surface area contributed by atoms with Crippen LogP contribution in [0.25, 0.3) is 11.0 Å². The standard InChI is InChI=1S/C24H25ClN2O3/c1-3-16-10-22-20(12-21(16)25)18(11-23(28)30-22)14-27(19-8-9-19)13-15-4-6-17(7-5-15)24(29)26-2/h4-7,10-12,19H,3,8-9,13-14H2,1-2H3,(H,26,29). The highest BCUT2D eigenvalue weighted by Gasteiger charge is 2.29. The second kappa shape index (κ2) is 8.62. The lowest BCUT2D eigenvalue weighted by Gasteiger charge is -2.23. The van der Waals surface area contributed by atoms with Gasteiger partial charge in [0.2, 0.25) is 0 Å². The Kier molecular flexibility index (Phi) is 5.93. The van der Waals surface area contributed by atoms with E-state index in [9.17, 15) is 9.59 Å². The van der Waals surface area contributed by atoms with Gasteiger partial charge in [0.1, 0.15) is 5.58 Å². The van der Waals surface area contributed by atoms with Gasteiger partial charge in [0.05, 0.1) is 0 Å². The average molecular weight is 425 g/mol. The number of carbonyl (C=O) groups excluding carboxylic acids is 1. The van der Waals surface area contributed by atoms with Crippen LogP contribution < -0.4 is 10.9 Å². The summed E-state index contributed by atoms with van der Waals surface area (Å²) >= 11 is 6.44. The summed E-state index contributed by atoms with van der Waals surface area (Å²) in [6, 6.07) is 13.5. The van der Waals surface area contributed by atoms with Crippen molar-refractivity contribution in [2.45, 2.75) is 45.3 Å². The smallest absolute Gasteiger partial charge is 0.336 e.